The van der Waals surface area contributed by atoms with Gasteiger partial charge in [-0.3, -0.25) is 4.55 Å². The molecule has 0 radical (unpaired) electrons. The molecule has 1 aromatic rings. The molecule has 0 aromatic heterocycles. The van der Waals surface area contributed by atoms with Crippen molar-refractivity contribution in [1.82, 2.24) is 0 Å². The molecule has 0 amide bonds. The second-order valence-electron chi connectivity index (χ2n) is 4.10. The highest BCUT2D eigenvalue weighted by Crippen LogP contribution is 2.52. The van der Waals surface area contributed by atoms with Crippen LogP contribution in [0, 0.1) is 6.92 Å². The Morgan fingerprint density at radius 1 is 1.00 bits per heavy atom. The van der Waals surface area contributed by atoms with Crippen molar-refractivity contribution in [2.24, 2.45) is 0 Å². The molecule has 1 aromatic carbocycles. The second-order valence-corrected chi connectivity index (χ2v) is 5.52. The van der Waals surface area contributed by atoms with E-state index in [0.717, 1.165) is 6.92 Å². The summed E-state index contributed by atoms with van der Waals surface area (Å²) in [6, 6.07) is 1.05. The average Bonchev–Trinajstić information content (AvgIpc) is 2.25. The Labute approximate surface area is 114 Å². The Bertz CT molecular complexity index is 649. The van der Waals surface area contributed by atoms with Crippen molar-refractivity contribution in [3.63, 3.8) is 0 Å². The molecule has 0 aliphatic carbocycles. The summed E-state index contributed by atoms with van der Waals surface area (Å²) in [6.45, 7) is 0.795. The quantitative estimate of drug-likeness (QED) is 0.676. The zero-order valence-corrected chi connectivity index (χ0v) is 10.9. The second kappa shape index (κ2) is 4.83. The summed E-state index contributed by atoms with van der Waals surface area (Å²) in [5.41, 5.74) is -2.55. The lowest BCUT2D eigenvalue weighted by Crippen LogP contribution is -2.50. The maximum Gasteiger partial charge on any atom is 0.460 e. The first-order chi connectivity index (χ1) is 9.12. The average molecular weight is 340 g/mol. The van der Waals surface area contributed by atoms with E-state index < -0.39 is 44.2 Å². The Balaban J connectivity index is 3.59. The Morgan fingerprint density at radius 3 is 1.86 bits per heavy atom. The molecule has 0 aliphatic heterocycles. The third-order valence-electron chi connectivity index (χ3n) is 2.60. The molecular formula is C10H7F7O3S. The van der Waals surface area contributed by atoms with Crippen LogP contribution < -0.4 is 0 Å². The van der Waals surface area contributed by atoms with Crippen LogP contribution in [-0.4, -0.2) is 25.1 Å². The zero-order chi connectivity index (χ0) is 16.9. The number of hydrogen-bond donors (Lipinski definition) is 1. The van der Waals surface area contributed by atoms with Gasteiger partial charge in [0.05, 0.1) is 4.90 Å². The predicted octanol–water partition coefficient (Wildman–Crippen LogP) is 3.53. The van der Waals surface area contributed by atoms with E-state index in [1.165, 1.54) is 0 Å². The third kappa shape index (κ3) is 2.98. The van der Waals surface area contributed by atoms with Crippen LogP contribution in [0.1, 0.15) is 11.1 Å². The number of benzene rings is 1. The first-order valence-electron chi connectivity index (χ1n) is 5.03. The van der Waals surface area contributed by atoms with Crippen LogP contribution in [-0.2, 0) is 16.0 Å². The van der Waals surface area contributed by atoms with Gasteiger partial charge in [0.15, 0.2) is 0 Å². The number of halogens is 7. The molecule has 0 bridgehead atoms. The molecule has 11 heteroatoms. The van der Waals surface area contributed by atoms with Gasteiger partial charge in [-0.05, 0) is 24.6 Å². The van der Waals surface area contributed by atoms with E-state index in [1.807, 2.05) is 0 Å². The molecule has 1 N–H and O–H groups in total. The lowest BCUT2D eigenvalue weighted by molar-refractivity contribution is -0.359. The van der Waals surface area contributed by atoms with Gasteiger partial charge in [0.1, 0.15) is 0 Å². The fourth-order valence-electron chi connectivity index (χ4n) is 1.45. The summed E-state index contributed by atoms with van der Waals surface area (Å²) in [4.78, 5) is -1.22. The van der Waals surface area contributed by atoms with E-state index >= 15 is 0 Å². The molecule has 0 heterocycles. The van der Waals surface area contributed by atoms with Crippen molar-refractivity contribution in [2.75, 3.05) is 0 Å². The lowest BCUT2D eigenvalue weighted by Gasteiger charge is -2.29. The van der Waals surface area contributed by atoms with Gasteiger partial charge in [0, 0.05) is 5.56 Å². The highest BCUT2D eigenvalue weighted by atomic mass is 32.2. The van der Waals surface area contributed by atoms with E-state index in [-0.39, 0.29) is 6.07 Å². The van der Waals surface area contributed by atoms with Crippen LogP contribution in [0.5, 0.6) is 0 Å². The normalized spacial score (nSPS) is 14.3. The van der Waals surface area contributed by atoms with Crippen LogP contribution >= 0.6 is 0 Å². The van der Waals surface area contributed by atoms with Crippen molar-refractivity contribution in [3.05, 3.63) is 29.3 Å². The highest BCUT2D eigenvalue weighted by molar-refractivity contribution is 7.85. The Kier molecular flexibility index (Phi) is 4.07. The largest absolute Gasteiger partial charge is 0.460 e. The molecule has 21 heavy (non-hydrogen) atoms. The number of aryl methyl sites for hydroxylation is 1. The van der Waals surface area contributed by atoms with E-state index in [1.54, 1.807) is 0 Å². The van der Waals surface area contributed by atoms with E-state index in [9.17, 15) is 39.2 Å². The fraction of sp³-hybridized carbons (Fsp3) is 0.400. The Morgan fingerprint density at radius 2 is 1.48 bits per heavy atom. The molecule has 1 rings (SSSR count). The smallest absolute Gasteiger partial charge is 0.282 e. The minimum atomic E-state index is -6.54. The molecule has 0 saturated carbocycles. The summed E-state index contributed by atoms with van der Waals surface area (Å²) in [5.74, 6) is -12.1. The van der Waals surface area contributed by atoms with Gasteiger partial charge in [0.25, 0.3) is 10.1 Å². The summed E-state index contributed by atoms with van der Waals surface area (Å²) in [7, 11) is -5.04. The first-order valence-corrected chi connectivity index (χ1v) is 6.47. The van der Waals surface area contributed by atoms with Crippen LogP contribution in [0.4, 0.5) is 30.7 Å². The van der Waals surface area contributed by atoms with Gasteiger partial charge < -0.3 is 0 Å². The third-order valence-corrected chi connectivity index (χ3v) is 3.45. The van der Waals surface area contributed by atoms with Crippen molar-refractivity contribution in [1.29, 1.82) is 0 Å². The lowest BCUT2D eigenvalue weighted by atomic mass is 9.97. The summed E-state index contributed by atoms with van der Waals surface area (Å²) >= 11 is 0. The minimum absolute atomic E-state index is 0.121. The van der Waals surface area contributed by atoms with Gasteiger partial charge >= 0.3 is 18.0 Å². The first kappa shape index (κ1) is 17.7. The molecule has 0 aliphatic rings. The monoisotopic (exact) mass is 340 g/mol. The van der Waals surface area contributed by atoms with Gasteiger partial charge in [-0.15, -0.1) is 0 Å². The predicted molar refractivity (Wildman–Crippen MR) is 55.9 cm³/mol. The van der Waals surface area contributed by atoms with Crippen LogP contribution in [0.15, 0.2) is 23.1 Å². The van der Waals surface area contributed by atoms with Crippen LogP contribution in [0.3, 0.4) is 0 Å². The SMILES string of the molecule is Cc1ccc(S(=O)(=O)O)cc1C(F)(F)C(F)(F)C(F)(F)F. The molecule has 0 saturated heterocycles. The zero-order valence-electron chi connectivity index (χ0n) is 10.0. The molecule has 0 atom stereocenters. The van der Waals surface area contributed by atoms with Crippen molar-refractivity contribution < 1.29 is 43.7 Å². The van der Waals surface area contributed by atoms with Gasteiger partial charge in [-0.1, -0.05) is 6.07 Å². The van der Waals surface area contributed by atoms with E-state index in [2.05, 4.69) is 0 Å². The topological polar surface area (TPSA) is 54.4 Å². The molecular weight excluding hydrogens is 333 g/mol. The van der Waals surface area contributed by atoms with Crippen LogP contribution in [0.2, 0.25) is 0 Å². The Hall–Kier alpha value is -1.36. The maximum atomic E-state index is 13.5. The van der Waals surface area contributed by atoms with Crippen LogP contribution in [0.25, 0.3) is 0 Å². The number of alkyl halides is 7. The molecule has 0 fully saturated rings. The molecule has 0 spiro atoms. The molecule has 120 valence electrons. The van der Waals surface area contributed by atoms with Gasteiger partial charge in [0.2, 0.25) is 0 Å². The molecule has 0 unspecified atom stereocenters. The summed E-state index contributed by atoms with van der Waals surface area (Å²) < 4.78 is 119. The van der Waals surface area contributed by atoms with Gasteiger partial charge in [-0.25, -0.2) is 0 Å². The summed E-state index contributed by atoms with van der Waals surface area (Å²) in [5, 5.41) is 0. The van der Waals surface area contributed by atoms with E-state index in [4.69, 9.17) is 4.55 Å². The van der Waals surface area contributed by atoms with Crippen molar-refractivity contribution >= 4 is 10.1 Å². The van der Waals surface area contributed by atoms with E-state index in [0.29, 0.717) is 12.1 Å². The number of rotatable bonds is 3. The van der Waals surface area contributed by atoms with Gasteiger partial charge in [-0.2, -0.15) is 39.2 Å². The molecule has 3 nitrogen and oxygen atoms in total. The fourth-order valence-corrected chi connectivity index (χ4v) is 1.95. The minimum Gasteiger partial charge on any atom is -0.282 e. The standard InChI is InChI=1S/C10H7F7O3S/c1-5-2-3-6(21(18,19)20)4-7(5)8(11,12)9(13,14)10(15,16)17/h2-4H,1H3,(H,18,19,20). The van der Waals surface area contributed by atoms with Crippen molar-refractivity contribution in [2.45, 2.75) is 29.8 Å². The number of hydrogen-bond acceptors (Lipinski definition) is 2. The highest BCUT2D eigenvalue weighted by Gasteiger charge is 2.73. The maximum absolute atomic E-state index is 13.5. The van der Waals surface area contributed by atoms with Crippen molar-refractivity contribution in [3.8, 4) is 0 Å². The summed E-state index contributed by atoms with van der Waals surface area (Å²) in [6.07, 6.45) is -6.54.